The van der Waals surface area contributed by atoms with Crippen LogP contribution >= 0.6 is 11.3 Å². The summed E-state index contributed by atoms with van der Waals surface area (Å²) >= 11 is 1.22. The van der Waals surface area contributed by atoms with Crippen LogP contribution in [0.15, 0.2) is 35.7 Å². The molecule has 0 saturated heterocycles. The summed E-state index contributed by atoms with van der Waals surface area (Å²) < 4.78 is 0. The van der Waals surface area contributed by atoms with Crippen molar-refractivity contribution >= 4 is 28.7 Å². The highest BCUT2D eigenvalue weighted by atomic mass is 32.1. The molecule has 0 spiro atoms. The fourth-order valence-electron chi connectivity index (χ4n) is 1.81. The number of benzene rings is 1. The summed E-state index contributed by atoms with van der Waals surface area (Å²) in [6, 6.07) is 8.08. The number of nitriles is 1. The van der Waals surface area contributed by atoms with Crippen LogP contribution in [0.1, 0.15) is 16.5 Å². The first-order chi connectivity index (χ1) is 10.0. The van der Waals surface area contributed by atoms with Gasteiger partial charge in [-0.05, 0) is 23.6 Å². The number of nitro groups is 1. The lowest BCUT2D eigenvalue weighted by Gasteiger charge is -2.14. The molecule has 2 aromatic rings. The Morgan fingerprint density at radius 2 is 2.19 bits per heavy atom. The molecule has 0 amide bonds. The molecular formula is C13H9N3O4S. The minimum atomic E-state index is -1.16. The molecule has 106 valence electrons. The van der Waals surface area contributed by atoms with Crippen molar-refractivity contribution in [3.05, 3.63) is 56.3 Å². The van der Waals surface area contributed by atoms with E-state index in [1.807, 2.05) is 0 Å². The zero-order valence-electron chi connectivity index (χ0n) is 10.5. The number of nitrogens with one attached hydrogen (secondary N) is 1. The Morgan fingerprint density at radius 3 is 2.71 bits per heavy atom. The minimum absolute atomic E-state index is 0.000139. The molecule has 1 unspecified atom stereocenters. The van der Waals surface area contributed by atoms with E-state index >= 15 is 0 Å². The summed E-state index contributed by atoms with van der Waals surface area (Å²) in [5.41, 5.74) is -0.553. The molecule has 21 heavy (non-hydrogen) atoms. The zero-order chi connectivity index (χ0) is 15.4. The lowest BCUT2D eigenvalue weighted by molar-refractivity contribution is -0.384. The van der Waals surface area contributed by atoms with Crippen molar-refractivity contribution in [2.75, 3.05) is 5.32 Å². The van der Waals surface area contributed by atoms with Crippen LogP contribution in [0.25, 0.3) is 0 Å². The summed E-state index contributed by atoms with van der Waals surface area (Å²) in [6.45, 7) is 0. The van der Waals surface area contributed by atoms with Gasteiger partial charge in [0.05, 0.1) is 4.92 Å². The van der Waals surface area contributed by atoms with Gasteiger partial charge in [0.15, 0.2) is 6.04 Å². The van der Waals surface area contributed by atoms with Crippen LogP contribution in [0.4, 0.5) is 11.4 Å². The third-order valence-corrected chi connectivity index (χ3v) is 3.65. The van der Waals surface area contributed by atoms with E-state index in [0.29, 0.717) is 4.88 Å². The Kier molecular flexibility index (Phi) is 4.15. The smallest absolute Gasteiger partial charge is 0.331 e. The fraction of sp³-hybridized carbons (Fsp3) is 0.0769. The van der Waals surface area contributed by atoms with E-state index in [-0.39, 0.29) is 11.3 Å². The van der Waals surface area contributed by atoms with Gasteiger partial charge < -0.3 is 10.4 Å². The summed E-state index contributed by atoms with van der Waals surface area (Å²) in [4.78, 5) is 22.3. The molecule has 0 aliphatic carbocycles. The van der Waals surface area contributed by atoms with Crippen LogP contribution in [-0.2, 0) is 4.79 Å². The standard InChI is InChI=1S/C13H9N3O4S/c14-7-8-3-1-4-9(12(8)16(19)20)15-11(13(17)18)10-5-2-6-21-10/h1-6,11,15H,(H,17,18). The van der Waals surface area contributed by atoms with E-state index in [9.17, 15) is 20.0 Å². The number of hydrogen-bond donors (Lipinski definition) is 2. The normalized spacial score (nSPS) is 11.4. The number of para-hydroxylation sites is 1. The first kappa shape index (κ1) is 14.5. The van der Waals surface area contributed by atoms with Gasteiger partial charge in [0, 0.05) is 4.88 Å². The van der Waals surface area contributed by atoms with E-state index < -0.39 is 22.6 Å². The Labute approximate surface area is 123 Å². The Balaban J connectivity index is 2.45. The molecule has 0 radical (unpaired) electrons. The Bertz CT molecular complexity index is 722. The molecule has 1 atom stereocenters. The first-order valence-electron chi connectivity index (χ1n) is 5.75. The second-order valence-corrected chi connectivity index (χ2v) is 4.98. The topological polar surface area (TPSA) is 116 Å². The lowest BCUT2D eigenvalue weighted by atomic mass is 10.1. The third kappa shape index (κ3) is 2.98. The quantitative estimate of drug-likeness (QED) is 0.648. The zero-order valence-corrected chi connectivity index (χ0v) is 11.3. The number of carbonyl (C=O) groups is 1. The average molecular weight is 303 g/mol. The summed E-state index contributed by atoms with van der Waals surface area (Å²) in [5.74, 6) is -1.16. The number of carboxylic acids is 1. The number of thiophene rings is 1. The minimum Gasteiger partial charge on any atom is -0.479 e. The van der Waals surface area contributed by atoms with Gasteiger partial charge in [-0.25, -0.2) is 4.79 Å². The van der Waals surface area contributed by atoms with Crippen LogP contribution in [0.3, 0.4) is 0 Å². The molecule has 0 saturated carbocycles. The molecular weight excluding hydrogens is 294 g/mol. The Hall–Kier alpha value is -2.92. The van der Waals surface area contributed by atoms with E-state index in [1.54, 1.807) is 23.6 Å². The van der Waals surface area contributed by atoms with Crippen molar-refractivity contribution in [1.29, 1.82) is 5.26 Å². The van der Waals surface area contributed by atoms with Crippen molar-refractivity contribution in [1.82, 2.24) is 0 Å². The number of rotatable bonds is 5. The maximum atomic E-state index is 11.3. The molecule has 7 nitrogen and oxygen atoms in total. The highest BCUT2D eigenvalue weighted by Crippen LogP contribution is 2.32. The molecule has 8 heteroatoms. The van der Waals surface area contributed by atoms with Gasteiger partial charge in [-0.15, -0.1) is 11.3 Å². The second-order valence-electron chi connectivity index (χ2n) is 4.00. The van der Waals surface area contributed by atoms with Crippen molar-refractivity contribution in [2.45, 2.75) is 6.04 Å². The molecule has 0 aliphatic heterocycles. The second kappa shape index (κ2) is 6.02. The van der Waals surface area contributed by atoms with Gasteiger partial charge in [-0.1, -0.05) is 12.1 Å². The van der Waals surface area contributed by atoms with Crippen molar-refractivity contribution in [3.8, 4) is 6.07 Å². The highest BCUT2D eigenvalue weighted by molar-refractivity contribution is 7.10. The number of aliphatic carboxylic acids is 1. The van der Waals surface area contributed by atoms with Crippen molar-refractivity contribution in [3.63, 3.8) is 0 Å². The summed E-state index contributed by atoms with van der Waals surface area (Å²) in [7, 11) is 0. The highest BCUT2D eigenvalue weighted by Gasteiger charge is 2.26. The largest absolute Gasteiger partial charge is 0.479 e. The number of carboxylic acid groups (broad SMARTS) is 1. The number of hydrogen-bond acceptors (Lipinski definition) is 6. The van der Waals surface area contributed by atoms with Crippen molar-refractivity contribution < 1.29 is 14.8 Å². The maximum absolute atomic E-state index is 11.3. The van der Waals surface area contributed by atoms with Gasteiger partial charge in [0.1, 0.15) is 17.3 Å². The molecule has 0 aliphatic rings. The maximum Gasteiger partial charge on any atom is 0.331 e. The molecule has 2 N–H and O–H groups in total. The van der Waals surface area contributed by atoms with Gasteiger partial charge in [-0.3, -0.25) is 10.1 Å². The number of anilines is 1. The fourth-order valence-corrected chi connectivity index (χ4v) is 2.58. The molecule has 0 fully saturated rings. The van der Waals surface area contributed by atoms with Gasteiger partial charge >= 0.3 is 11.7 Å². The van der Waals surface area contributed by atoms with E-state index in [1.165, 1.54) is 29.5 Å². The van der Waals surface area contributed by atoms with Crippen LogP contribution in [0, 0.1) is 21.4 Å². The summed E-state index contributed by atoms with van der Waals surface area (Å²) in [6.07, 6.45) is 0. The average Bonchev–Trinajstić information content (AvgIpc) is 2.97. The molecule has 1 aromatic heterocycles. The van der Waals surface area contributed by atoms with Gasteiger partial charge in [0.25, 0.3) is 0 Å². The van der Waals surface area contributed by atoms with E-state index in [2.05, 4.69) is 5.32 Å². The molecule has 1 aromatic carbocycles. The van der Waals surface area contributed by atoms with Gasteiger partial charge in [0.2, 0.25) is 0 Å². The first-order valence-corrected chi connectivity index (χ1v) is 6.62. The Morgan fingerprint density at radius 1 is 1.43 bits per heavy atom. The third-order valence-electron chi connectivity index (χ3n) is 2.71. The predicted octanol–water partition coefficient (Wildman–Crippen LogP) is 2.77. The summed E-state index contributed by atoms with van der Waals surface area (Å²) in [5, 5.41) is 33.6. The van der Waals surface area contributed by atoms with E-state index in [0.717, 1.165) is 0 Å². The molecule has 1 heterocycles. The van der Waals surface area contributed by atoms with E-state index in [4.69, 9.17) is 5.26 Å². The van der Waals surface area contributed by atoms with Crippen LogP contribution in [-0.4, -0.2) is 16.0 Å². The van der Waals surface area contributed by atoms with Gasteiger partial charge in [-0.2, -0.15) is 5.26 Å². The SMILES string of the molecule is N#Cc1cccc(NC(C(=O)O)c2cccs2)c1[N+](=O)[O-]. The van der Waals surface area contributed by atoms with Crippen LogP contribution < -0.4 is 5.32 Å². The monoisotopic (exact) mass is 303 g/mol. The number of nitrogens with zero attached hydrogens (tertiary/aromatic N) is 2. The molecule has 2 rings (SSSR count). The predicted molar refractivity (Wildman–Crippen MR) is 76.1 cm³/mol. The van der Waals surface area contributed by atoms with Crippen LogP contribution in [0.2, 0.25) is 0 Å². The molecule has 0 bridgehead atoms. The number of nitro benzene ring substituents is 1. The van der Waals surface area contributed by atoms with Crippen LogP contribution in [0.5, 0.6) is 0 Å². The van der Waals surface area contributed by atoms with Crippen molar-refractivity contribution in [2.24, 2.45) is 0 Å². The lowest BCUT2D eigenvalue weighted by Crippen LogP contribution is -2.20.